The van der Waals surface area contributed by atoms with Crippen molar-refractivity contribution in [1.82, 2.24) is 0 Å². The van der Waals surface area contributed by atoms with Crippen molar-refractivity contribution in [1.29, 1.82) is 0 Å². The Balaban J connectivity index is -0.0000000487. The molecule has 0 unspecified atom stereocenters. The van der Waals surface area contributed by atoms with Crippen LogP contribution in [0.3, 0.4) is 0 Å². The minimum Gasteiger partial charge on any atom is -0.724 e. The van der Waals surface area contributed by atoms with E-state index in [1.54, 1.807) is 0 Å². The summed E-state index contributed by atoms with van der Waals surface area (Å²) in [5.74, 6) is -1.08. The van der Waals surface area contributed by atoms with E-state index in [2.05, 4.69) is 78.3 Å². The average Bonchev–Trinajstić information content (AvgIpc) is 2.38. The van der Waals surface area contributed by atoms with Crippen LogP contribution in [0.2, 0.25) is 0 Å². The van der Waals surface area contributed by atoms with E-state index in [1.165, 1.54) is 0 Å². The topological polar surface area (TPSA) is 122 Å². The molecule has 26 heavy (non-hydrogen) atoms. The van der Waals surface area contributed by atoms with Gasteiger partial charge in [0.15, 0.2) is 0 Å². The molecular formula is C18H39N4NbO3. The van der Waals surface area contributed by atoms with Crippen molar-refractivity contribution < 1.29 is 37.1 Å². The summed E-state index contributed by atoms with van der Waals surface area (Å²) in [6, 6.07) is 0. The minimum atomic E-state index is -1.08. The third-order valence-corrected chi connectivity index (χ3v) is 2.01. The van der Waals surface area contributed by atoms with E-state index in [-0.39, 0.29) is 39.0 Å². The van der Waals surface area contributed by atoms with Crippen molar-refractivity contribution >= 4 is 12.0 Å². The number of carbonyl (C=O) groups excluding carboxylic acids is 2. The van der Waals surface area contributed by atoms with Crippen LogP contribution in [0.1, 0.15) is 69.2 Å². The molecule has 7 nitrogen and oxygen atoms in total. The smallest absolute Gasteiger partial charge is 0.724 e. The molecule has 0 aromatic rings. The van der Waals surface area contributed by atoms with E-state index in [0.717, 1.165) is 6.92 Å². The summed E-state index contributed by atoms with van der Waals surface area (Å²) in [5.41, 5.74) is 0.500. The Labute approximate surface area is 177 Å². The summed E-state index contributed by atoms with van der Waals surface area (Å²) in [6.07, 6.45) is 0.500. The molecule has 0 aliphatic carbocycles. The van der Waals surface area contributed by atoms with Crippen LogP contribution in [-0.4, -0.2) is 49.8 Å². The molecule has 0 fully saturated rings. The number of nitrogens with zero attached hydrogens (tertiary/aromatic N) is 4. The molecule has 0 heterocycles. The Morgan fingerprint density at radius 3 is 0.808 bits per heavy atom. The van der Waals surface area contributed by atoms with E-state index >= 15 is 0 Å². The van der Waals surface area contributed by atoms with Gasteiger partial charge in [-0.2, -0.15) is 21.1 Å². The predicted molar refractivity (Wildman–Crippen MR) is 107 cm³/mol. The molecule has 0 aromatic carbocycles. The quantitative estimate of drug-likeness (QED) is 0.313. The first-order valence-electron chi connectivity index (χ1n) is 7.85. The van der Waals surface area contributed by atoms with Gasteiger partial charge in [0.1, 0.15) is 0 Å². The standard InChI is InChI=1S/3C5H12N.C2H4O2.CNO.Nb/c3*1-5(2,3)6-4;1-2(3)4;2-1-3;/h3*1-4H3;1H3,(H,3,4);;/q3*-1;;-1;+5/p-1. The summed E-state index contributed by atoms with van der Waals surface area (Å²) in [4.78, 5) is 17.1. The number of rotatable bonds is 0. The van der Waals surface area contributed by atoms with Crippen LogP contribution in [0.15, 0.2) is 0 Å². The van der Waals surface area contributed by atoms with Gasteiger partial charge in [-0.1, -0.05) is 62.3 Å². The summed E-state index contributed by atoms with van der Waals surface area (Å²) in [6.45, 7) is 19.7. The van der Waals surface area contributed by atoms with Crippen molar-refractivity contribution in [3.05, 3.63) is 21.4 Å². The van der Waals surface area contributed by atoms with Gasteiger partial charge in [-0.05, 0) is 13.0 Å². The number of isocyanates is 1. The molecule has 0 N–H and O–H groups in total. The number of aliphatic carboxylic acids is 1. The zero-order valence-corrected chi connectivity index (χ0v) is 21.2. The first kappa shape index (κ1) is 40.2. The zero-order valence-electron chi connectivity index (χ0n) is 19.0. The maximum Gasteiger partial charge on any atom is 5.00 e. The van der Waals surface area contributed by atoms with E-state index < -0.39 is 5.97 Å². The fraction of sp³-hybridized carbons (Fsp3) is 0.889. The second-order valence-electron chi connectivity index (χ2n) is 7.77. The summed E-state index contributed by atoms with van der Waals surface area (Å²) in [5, 5.41) is 27.7. The molecule has 0 rings (SSSR count). The SMILES string of the molecule is CC(=O)[O-].C[N-]C(C)(C)C.C[N-]C(C)(C)C.C[N-]C(C)(C)C.[N-]=C=O.[Nb+5]. The minimum absolute atomic E-state index is 0. The first-order chi connectivity index (χ1) is 10.8. The van der Waals surface area contributed by atoms with Gasteiger partial charge in [-0.15, -0.1) is 16.6 Å². The number of carboxylic acid groups (broad SMARTS) is 1. The van der Waals surface area contributed by atoms with E-state index in [4.69, 9.17) is 20.1 Å². The van der Waals surface area contributed by atoms with Gasteiger partial charge in [0, 0.05) is 5.97 Å². The summed E-state index contributed by atoms with van der Waals surface area (Å²) < 4.78 is 0. The largest absolute Gasteiger partial charge is 5.00 e. The molecule has 154 valence electrons. The average molecular weight is 452 g/mol. The molecule has 8 heteroatoms. The molecule has 0 saturated carbocycles. The van der Waals surface area contributed by atoms with Gasteiger partial charge in [0.25, 0.3) is 0 Å². The maximum atomic E-state index is 8.89. The monoisotopic (exact) mass is 452 g/mol. The van der Waals surface area contributed by atoms with Crippen LogP contribution >= 0.6 is 0 Å². The van der Waals surface area contributed by atoms with Gasteiger partial charge in [0.2, 0.25) is 0 Å². The fourth-order valence-electron chi connectivity index (χ4n) is 0. The van der Waals surface area contributed by atoms with E-state index in [0.29, 0.717) is 6.08 Å². The normalized spacial score (nSPS) is 9.58. The van der Waals surface area contributed by atoms with Crippen LogP contribution in [0.4, 0.5) is 0 Å². The second kappa shape index (κ2) is 22.5. The van der Waals surface area contributed by atoms with Crippen molar-refractivity contribution in [2.45, 2.75) is 85.9 Å². The van der Waals surface area contributed by atoms with Crippen LogP contribution in [-0.2, 0) is 32.0 Å². The van der Waals surface area contributed by atoms with Gasteiger partial charge in [-0.25, -0.2) is 0 Å². The first-order valence-corrected chi connectivity index (χ1v) is 7.85. The zero-order chi connectivity index (χ0) is 21.9. The third-order valence-electron chi connectivity index (χ3n) is 2.01. The molecule has 0 bridgehead atoms. The predicted octanol–water partition coefficient (Wildman–Crippen LogP) is 4.01. The van der Waals surface area contributed by atoms with Crippen LogP contribution in [0.25, 0.3) is 21.4 Å². The Bertz CT molecular complexity index is 288. The molecule has 0 aromatic heterocycles. The van der Waals surface area contributed by atoms with E-state index in [9.17, 15) is 0 Å². The number of carbonyl (C=O) groups is 1. The molecule has 0 spiro atoms. The number of hydrogen-bond acceptors (Lipinski definition) is 3. The summed E-state index contributed by atoms with van der Waals surface area (Å²) >= 11 is 0. The molecule has 0 atom stereocenters. The van der Waals surface area contributed by atoms with E-state index in [1.807, 2.05) is 21.1 Å². The van der Waals surface area contributed by atoms with Crippen molar-refractivity contribution in [3.8, 4) is 0 Å². The molecule has 0 aliphatic heterocycles. The Kier molecular flexibility index (Phi) is 34.8. The van der Waals surface area contributed by atoms with Gasteiger partial charge >= 0.3 is 22.4 Å². The van der Waals surface area contributed by atoms with Crippen molar-refractivity contribution in [3.63, 3.8) is 0 Å². The molecule has 0 radical (unpaired) electrons. The third kappa shape index (κ3) is 165. The maximum absolute atomic E-state index is 8.89. The second-order valence-corrected chi connectivity index (χ2v) is 7.77. The van der Waals surface area contributed by atoms with Gasteiger partial charge < -0.3 is 31.3 Å². The number of hydrogen-bond donors (Lipinski definition) is 0. The Hall–Kier alpha value is -0.530. The van der Waals surface area contributed by atoms with Crippen LogP contribution in [0.5, 0.6) is 0 Å². The number of carboxylic acids is 1. The van der Waals surface area contributed by atoms with Gasteiger partial charge in [0.05, 0.1) is 0 Å². The summed E-state index contributed by atoms with van der Waals surface area (Å²) in [7, 11) is 5.50. The molecule has 0 aliphatic rings. The molecule has 0 amide bonds. The molecular weight excluding hydrogens is 413 g/mol. The van der Waals surface area contributed by atoms with Crippen molar-refractivity contribution in [2.75, 3.05) is 21.1 Å². The van der Waals surface area contributed by atoms with Crippen LogP contribution in [0, 0.1) is 0 Å². The van der Waals surface area contributed by atoms with Crippen molar-refractivity contribution in [2.24, 2.45) is 0 Å². The Morgan fingerprint density at radius 2 is 0.808 bits per heavy atom. The fourth-order valence-corrected chi connectivity index (χ4v) is 0. The molecule has 0 saturated heterocycles. The Morgan fingerprint density at radius 1 is 0.769 bits per heavy atom. The van der Waals surface area contributed by atoms with Gasteiger partial charge in [-0.3, -0.25) is 4.79 Å². The van der Waals surface area contributed by atoms with Crippen LogP contribution < -0.4 is 5.11 Å².